The molecular weight excluding hydrogens is 236 g/mol. The normalized spacial score (nSPS) is 14.4. The van der Waals surface area contributed by atoms with Crippen LogP contribution in [0.3, 0.4) is 0 Å². The van der Waals surface area contributed by atoms with E-state index in [1.165, 1.54) is 12.8 Å². The molecule has 0 saturated carbocycles. The van der Waals surface area contributed by atoms with E-state index >= 15 is 0 Å². The SMILES string of the molecule is CCCCC(CC)C(O)c1cccc(OC(C)C)c1. The van der Waals surface area contributed by atoms with Gasteiger partial charge in [0, 0.05) is 0 Å². The second-order valence-electron chi connectivity index (χ2n) is 5.49. The first-order valence-corrected chi connectivity index (χ1v) is 7.53. The van der Waals surface area contributed by atoms with Gasteiger partial charge in [0.2, 0.25) is 0 Å². The lowest BCUT2D eigenvalue weighted by Crippen LogP contribution is -2.12. The summed E-state index contributed by atoms with van der Waals surface area (Å²) in [6, 6.07) is 7.87. The van der Waals surface area contributed by atoms with Crippen LogP contribution in [0.2, 0.25) is 0 Å². The second kappa shape index (κ2) is 8.21. The molecule has 0 bridgehead atoms. The van der Waals surface area contributed by atoms with Gasteiger partial charge in [-0.05, 0) is 43.9 Å². The first-order chi connectivity index (χ1) is 9.08. The topological polar surface area (TPSA) is 29.5 Å². The van der Waals surface area contributed by atoms with Crippen molar-refractivity contribution in [2.75, 3.05) is 0 Å². The fourth-order valence-corrected chi connectivity index (χ4v) is 2.37. The van der Waals surface area contributed by atoms with E-state index in [0.717, 1.165) is 24.2 Å². The fourth-order valence-electron chi connectivity index (χ4n) is 2.37. The molecule has 0 aromatic heterocycles. The lowest BCUT2D eigenvalue weighted by atomic mass is 9.89. The number of benzene rings is 1. The molecule has 2 atom stereocenters. The van der Waals surface area contributed by atoms with Crippen LogP contribution in [0.25, 0.3) is 0 Å². The third-order valence-corrected chi connectivity index (χ3v) is 3.47. The minimum atomic E-state index is -0.382. The minimum absolute atomic E-state index is 0.162. The van der Waals surface area contributed by atoms with Crippen LogP contribution in [0.4, 0.5) is 0 Å². The molecule has 0 fully saturated rings. The number of rotatable bonds is 8. The van der Waals surface area contributed by atoms with Gasteiger partial charge in [0.1, 0.15) is 5.75 Å². The number of ether oxygens (including phenoxy) is 1. The fraction of sp³-hybridized carbons (Fsp3) is 0.647. The van der Waals surface area contributed by atoms with E-state index in [9.17, 15) is 5.11 Å². The molecule has 2 unspecified atom stereocenters. The largest absolute Gasteiger partial charge is 0.491 e. The zero-order valence-electron chi connectivity index (χ0n) is 12.7. The molecule has 1 aromatic carbocycles. The van der Waals surface area contributed by atoms with Crippen molar-refractivity contribution in [1.29, 1.82) is 0 Å². The van der Waals surface area contributed by atoms with Gasteiger partial charge in [0.05, 0.1) is 12.2 Å². The predicted molar refractivity (Wildman–Crippen MR) is 80.5 cm³/mol. The molecule has 0 spiro atoms. The van der Waals surface area contributed by atoms with E-state index in [-0.39, 0.29) is 12.2 Å². The van der Waals surface area contributed by atoms with Crippen molar-refractivity contribution in [2.24, 2.45) is 5.92 Å². The van der Waals surface area contributed by atoms with Crippen LogP contribution < -0.4 is 4.74 Å². The summed E-state index contributed by atoms with van der Waals surface area (Å²) in [6.45, 7) is 8.37. The van der Waals surface area contributed by atoms with Crippen molar-refractivity contribution in [3.8, 4) is 5.75 Å². The average Bonchev–Trinajstić information content (AvgIpc) is 2.39. The van der Waals surface area contributed by atoms with Gasteiger partial charge >= 0.3 is 0 Å². The van der Waals surface area contributed by atoms with E-state index < -0.39 is 0 Å². The second-order valence-corrected chi connectivity index (χ2v) is 5.49. The lowest BCUT2D eigenvalue weighted by Gasteiger charge is -2.22. The van der Waals surface area contributed by atoms with Crippen LogP contribution in [0.5, 0.6) is 5.75 Å². The molecular formula is C17H28O2. The highest BCUT2D eigenvalue weighted by molar-refractivity contribution is 5.30. The van der Waals surface area contributed by atoms with Crippen LogP contribution in [0.15, 0.2) is 24.3 Å². The standard InChI is InChI=1S/C17H28O2/c1-5-7-9-14(6-2)17(18)15-10-8-11-16(12-15)19-13(3)4/h8,10-14,17-18H,5-7,9H2,1-4H3. The molecule has 0 amide bonds. The van der Waals surface area contributed by atoms with E-state index in [2.05, 4.69) is 13.8 Å². The summed E-state index contributed by atoms with van der Waals surface area (Å²) in [5.41, 5.74) is 0.973. The smallest absolute Gasteiger partial charge is 0.120 e. The Bertz CT molecular complexity index is 360. The van der Waals surface area contributed by atoms with E-state index in [4.69, 9.17) is 4.74 Å². The van der Waals surface area contributed by atoms with E-state index in [1.54, 1.807) is 0 Å². The van der Waals surface area contributed by atoms with Crippen LogP contribution in [-0.2, 0) is 0 Å². The van der Waals surface area contributed by atoms with Gasteiger partial charge in [0.15, 0.2) is 0 Å². The quantitative estimate of drug-likeness (QED) is 0.736. The van der Waals surface area contributed by atoms with Gasteiger partial charge in [-0.15, -0.1) is 0 Å². The summed E-state index contributed by atoms with van der Waals surface area (Å²) in [6.07, 6.45) is 4.24. The first kappa shape index (κ1) is 16.0. The number of hydrogen-bond acceptors (Lipinski definition) is 2. The molecule has 1 rings (SSSR count). The first-order valence-electron chi connectivity index (χ1n) is 7.53. The molecule has 1 N–H and O–H groups in total. The molecule has 108 valence electrons. The maximum absolute atomic E-state index is 10.5. The van der Waals surface area contributed by atoms with Crippen LogP contribution in [-0.4, -0.2) is 11.2 Å². The Hall–Kier alpha value is -1.02. The van der Waals surface area contributed by atoms with Crippen molar-refractivity contribution in [1.82, 2.24) is 0 Å². The Balaban J connectivity index is 2.76. The summed E-state index contributed by atoms with van der Waals surface area (Å²) in [5.74, 6) is 1.19. The molecule has 0 saturated heterocycles. The van der Waals surface area contributed by atoms with Crippen molar-refractivity contribution in [3.63, 3.8) is 0 Å². The highest BCUT2D eigenvalue weighted by Crippen LogP contribution is 2.30. The highest BCUT2D eigenvalue weighted by Gasteiger charge is 2.19. The van der Waals surface area contributed by atoms with Crippen LogP contribution in [0.1, 0.15) is 65.0 Å². The predicted octanol–water partition coefficient (Wildman–Crippen LogP) is 4.72. The molecule has 19 heavy (non-hydrogen) atoms. The Morgan fingerprint density at radius 3 is 2.53 bits per heavy atom. The number of unbranched alkanes of at least 4 members (excludes halogenated alkanes) is 1. The van der Waals surface area contributed by atoms with E-state index in [1.807, 2.05) is 38.1 Å². The van der Waals surface area contributed by atoms with Gasteiger partial charge in [-0.2, -0.15) is 0 Å². The van der Waals surface area contributed by atoms with Gasteiger partial charge in [-0.25, -0.2) is 0 Å². The maximum Gasteiger partial charge on any atom is 0.120 e. The zero-order valence-corrected chi connectivity index (χ0v) is 12.7. The Morgan fingerprint density at radius 1 is 1.21 bits per heavy atom. The lowest BCUT2D eigenvalue weighted by molar-refractivity contribution is 0.0984. The van der Waals surface area contributed by atoms with Crippen molar-refractivity contribution >= 4 is 0 Å². The summed E-state index contributed by atoms with van der Waals surface area (Å²) >= 11 is 0. The maximum atomic E-state index is 10.5. The van der Waals surface area contributed by atoms with Crippen molar-refractivity contribution in [3.05, 3.63) is 29.8 Å². The van der Waals surface area contributed by atoms with Crippen molar-refractivity contribution in [2.45, 2.75) is 65.6 Å². The summed E-state index contributed by atoms with van der Waals surface area (Å²) in [4.78, 5) is 0. The monoisotopic (exact) mass is 264 g/mol. The summed E-state index contributed by atoms with van der Waals surface area (Å²) < 4.78 is 5.69. The van der Waals surface area contributed by atoms with Crippen molar-refractivity contribution < 1.29 is 9.84 Å². The Morgan fingerprint density at radius 2 is 1.95 bits per heavy atom. The van der Waals surface area contributed by atoms with Gasteiger partial charge in [-0.3, -0.25) is 0 Å². The number of aliphatic hydroxyl groups excluding tert-OH is 1. The highest BCUT2D eigenvalue weighted by atomic mass is 16.5. The van der Waals surface area contributed by atoms with Crippen LogP contribution in [0, 0.1) is 5.92 Å². The average molecular weight is 264 g/mol. The number of hydrogen-bond donors (Lipinski definition) is 1. The molecule has 2 heteroatoms. The summed E-state index contributed by atoms with van der Waals surface area (Å²) in [7, 11) is 0. The molecule has 0 heterocycles. The minimum Gasteiger partial charge on any atom is -0.491 e. The summed E-state index contributed by atoms with van der Waals surface area (Å²) in [5, 5.41) is 10.5. The van der Waals surface area contributed by atoms with Gasteiger partial charge in [0.25, 0.3) is 0 Å². The molecule has 0 radical (unpaired) electrons. The Labute approximate surface area is 117 Å². The third kappa shape index (κ3) is 5.23. The number of aliphatic hydroxyl groups is 1. The van der Waals surface area contributed by atoms with Gasteiger partial charge in [-0.1, -0.05) is 45.2 Å². The molecule has 0 aliphatic heterocycles. The third-order valence-electron chi connectivity index (χ3n) is 3.47. The zero-order chi connectivity index (χ0) is 14.3. The van der Waals surface area contributed by atoms with E-state index in [0.29, 0.717) is 5.92 Å². The van der Waals surface area contributed by atoms with Crippen LogP contribution >= 0.6 is 0 Å². The molecule has 2 nitrogen and oxygen atoms in total. The van der Waals surface area contributed by atoms with Gasteiger partial charge < -0.3 is 9.84 Å². The molecule has 0 aliphatic carbocycles. The Kier molecular flexibility index (Phi) is 6.93. The molecule has 0 aliphatic rings. The molecule has 1 aromatic rings.